The average Bonchev–Trinajstić information content (AvgIpc) is 2.39. The Morgan fingerprint density at radius 1 is 0.900 bits per heavy atom. The van der Waals surface area contributed by atoms with E-state index in [9.17, 15) is 14.4 Å². The number of ether oxygens (including phenoxy) is 3. The van der Waals surface area contributed by atoms with E-state index in [2.05, 4.69) is 10.1 Å². The Hall–Kier alpha value is -1.79. The van der Waals surface area contributed by atoms with E-state index in [1.807, 2.05) is 0 Å². The van der Waals surface area contributed by atoms with Gasteiger partial charge in [0.15, 0.2) is 5.92 Å². The predicted molar refractivity (Wildman–Crippen MR) is 71.0 cm³/mol. The molecule has 0 aromatic rings. The van der Waals surface area contributed by atoms with Crippen molar-refractivity contribution in [3.63, 3.8) is 0 Å². The van der Waals surface area contributed by atoms with Gasteiger partial charge in [0, 0.05) is 6.54 Å². The van der Waals surface area contributed by atoms with Gasteiger partial charge in [-0.1, -0.05) is 0 Å². The molecule has 0 saturated carbocycles. The maximum absolute atomic E-state index is 11.7. The minimum Gasteiger partial charge on any atom is -0.465 e. The summed E-state index contributed by atoms with van der Waals surface area (Å²) in [6, 6.07) is 0. The SMILES string of the molecule is CCOC(=O)NCCCC(C(=O)OCC)C(=O)OCC. The summed E-state index contributed by atoms with van der Waals surface area (Å²) in [7, 11) is 0. The lowest BCUT2D eigenvalue weighted by Gasteiger charge is -2.14. The fraction of sp³-hybridized carbons (Fsp3) is 0.769. The van der Waals surface area contributed by atoms with E-state index in [-0.39, 0.29) is 19.6 Å². The van der Waals surface area contributed by atoms with Crippen LogP contribution in [0.2, 0.25) is 0 Å². The summed E-state index contributed by atoms with van der Waals surface area (Å²) in [5, 5.41) is 2.52. The first-order valence-electron chi connectivity index (χ1n) is 6.80. The Balaban J connectivity index is 4.19. The van der Waals surface area contributed by atoms with Crippen LogP contribution in [-0.2, 0) is 23.8 Å². The van der Waals surface area contributed by atoms with Gasteiger partial charge in [-0.05, 0) is 33.6 Å². The van der Waals surface area contributed by atoms with E-state index in [1.54, 1.807) is 20.8 Å². The first-order valence-corrected chi connectivity index (χ1v) is 6.80. The molecular weight excluding hydrogens is 266 g/mol. The molecule has 20 heavy (non-hydrogen) atoms. The van der Waals surface area contributed by atoms with Crippen molar-refractivity contribution in [2.45, 2.75) is 33.6 Å². The lowest BCUT2D eigenvalue weighted by Crippen LogP contribution is -2.30. The molecule has 0 unspecified atom stereocenters. The largest absolute Gasteiger partial charge is 0.465 e. The van der Waals surface area contributed by atoms with Crippen LogP contribution in [0.1, 0.15) is 33.6 Å². The molecule has 0 aromatic heterocycles. The number of esters is 2. The summed E-state index contributed by atoms with van der Waals surface area (Å²) < 4.78 is 14.4. The van der Waals surface area contributed by atoms with Crippen LogP contribution in [0.15, 0.2) is 0 Å². The molecule has 0 aliphatic rings. The van der Waals surface area contributed by atoms with Crippen molar-refractivity contribution < 1.29 is 28.6 Å². The van der Waals surface area contributed by atoms with Gasteiger partial charge < -0.3 is 19.5 Å². The number of rotatable bonds is 9. The van der Waals surface area contributed by atoms with Crippen molar-refractivity contribution in [2.24, 2.45) is 5.92 Å². The average molecular weight is 289 g/mol. The summed E-state index contributed by atoms with van der Waals surface area (Å²) in [5.74, 6) is -2.14. The standard InChI is InChI=1S/C13H23NO6/c1-4-18-11(15)10(12(16)19-5-2)8-7-9-14-13(17)20-6-3/h10H,4-9H2,1-3H3,(H,14,17). The van der Waals surface area contributed by atoms with Gasteiger partial charge in [-0.25, -0.2) is 4.79 Å². The molecule has 0 atom stereocenters. The van der Waals surface area contributed by atoms with Crippen LogP contribution in [0.25, 0.3) is 0 Å². The fourth-order valence-electron chi connectivity index (χ4n) is 1.50. The number of amides is 1. The van der Waals surface area contributed by atoms with Crippen LogP contribution < -0.4 is 5.32 Å². The van der Waals surface area contributed by atoms with Gasteiger partial charge >= 0.3 is 18.0 Å². The molecule has 0 radical (unpaired) electrons. The molecule has 1 N–H and O–H groups in total. The van der Waals surface area contributed by atoms with Crippen LogP contribution >= 0.6 is 0 Å². The van der Waals surface area contributed by atoms with Crippen molar-refractivity contribution in [3.8, 4) is 0 Å². The molecule has 0 aliphatic heterocycles. The van der Waals surface area contributed by atoms with Crippen LogP contribution in [0.5, 0.6) is 0 Å². The minimum atomic E-state index is -0.945. The summed E-state index contributed by atoms with van der Waals surface area (Å²) >= 11 is 0. The third kappa shape index (κ3) is 7.60. The second-order valence-corrected chi connectivity index (χ2v) is 3.85. The Kier molecular flexibility index (Phi) is 10.1. The minimum absolute atomic E-state index is 0.204. The highest BCUT2D eigenvalue weighted by Crippen LogP contribution is 2.11. The summed E-state index contributed by atoms with van der Waals surface area (Å²) in [5.41, 5.74) is 0. The van der Waals surface area contributed by atoms with Gasteiger partial charge in [0.1, 0.15) is 0 Å². The van der Waals surface area contributed by atoms with Gasteiger partial charge in [0.25, 0.3) is 0 Å². The monoisotopic (exact) mass is 289 g/mol. The quantitative estimate of drug-likeness (QED) is 0.297. The number of carbonyl (C=O) groups is 3. The van der Waals surface area contributed by atoms with E-state index in [0.717, 1.165) is 0 Å². The molecule has 0 aliphatic carbocycles. The van der Waals surface area contributed by atoms with Crippen LogP contribution in [-0.4, -0.2) is 44.4 Å². The number of hydrogen-bond donors (Lipinski definition) is 1. The highest BCUT2D eigenvalue weighted by Gasteiger charge is 2.28. The van der Waals surface area contributed by atoms with Gasteiger partial charge in [-0.2, -0.15) is 0 Å². The molecular formula is C13H23NO6. The molecule has 7 heteroatoms. The van der Waals surface area contributed by atoms with Crippen LogP contribution in [0.4, 0.5) is 4.79 Å². The highest BCUT2D eigenvalue weighted by molar-refractivity contribution is 5.94. The molecule has 0 aromatic carbocycles. The van der Waals surface area contributed by atoms with E-state index >= 15 is 0 Å². The number of hydrogen-bond acceptors (Lipinski definition) is 6. The lowest BCUT2D eigenvalue weighted by atomic mass is 10.0. The zero-order valence-corrected chi connectivity index (χ0v) is 12.3. The van der Waals surface area contributed by atoms with Crippen molar-refractivity contribution >= 4 is 18.0 Å². The van der Waals surface area contributed by atoms with E-state index < -0.39 is 23.9 Å². The summed E-state index contributed by atoms with van der Waals surface area (Å²) in [6.45, 7) is 6.06. The Labute approximate surface area is 118 Å². The predicted octanol–water partition coefficient (Wildman–Crippen LogP) is 1.26. The van der Waals surface area contributed by atoms with Crippen molar-refractivity contribution in [3.05, 3.63) is 0 Å². The molecule has 116 valence electrons. The third-order valence-electron chi connectivity index (χ3n) is 2.36. The van der Waals surface area contributed by atoms with Gasteiger partial charge in [-0.15, -0.1) is 0 Å². The number of carbonyl (C=O) groups excluding carboxylic acids is 3. The fourth-order valence-corrected chi connectivity index (χ4v) is 1.50. The van der Waals surface area contributed by atoms with Gasteiger partial charge in [-0.3, -0.25) is 9.59 Å². The number of alkyl carbamates (subject to hydrolysis) is 1. The van der Waals surface area contributed by atoms with Crippen molar-refractivity contribution in [2.75, 3.05) is 26.4 Å². The van der Waals surface area contributed by atoms with Gasteiger partial charge in [0.05, 0.1) is 19.8 Å². The molecule has 0 fully saturated rings. The third-order valence-corrected chi connectivity index (χ3v) is 2.36. The summed E-state index contributed by atoms with van der Waals surface area (Å²) in [4.78, 5) is 34.4. The second kappa shape index (κ2) is 11.1. The Bertz CT molecular complexity index is 300. The van der Waals surface area contributed by atoms with E-state index in [1.165, 1.54) is 0 Å². The number of nitrogens with one attached hydrogen (secondary N) is 1. The van der Waals surface area contributed by atoms with Gasteiger partial charge in [0.2, 0.25) is 0 Å². The highest BCUT2D eigenvalue weighted by atomic mass is 16.6. The molecule has 1 amide bonds. The zero-order valence-electron chi connectivity index (χ0n) is 12.3. The zero-order chi connectivity index (χ0) is 15.4. The molecule has 7 nitrogen and oxygen atoms in total. The van der Waals surface area contributed by atoms with Crippen molar-refractivity contribution in [1.82, 2.24) is 5.32 Å². The maximum atomic E-state index is 11.7. The van der Waals surface area contributed by atoms with Crippen molar-refractivity contribution in [1.29, 1.82) is 0 Å². The molecule has 0 heterocycles. The Morgan fingerprint density at radius 2 is 1.40 bits per heavy atom. The molecule has 0 saturated heterocycles. The molecule has 0 rings (SSSR count). The lowest BCUT2D eigenvalue weighted by molar-refractivity contribution is -0.161. The summed E-state index contributed by atoms with van der Waals surface area (Å²) in [6.07, 6.45) is 0.182. The first kappa shape index (κ1) is 18.2. The molecule has 0 spiro atoms. The smallest absolute Gasteiger partial charge is 0.407 e. The first-order chi connectivity index (χ1) is 9.56. The van der Waals surface area contributed by atoms with Crippen LogP contribution in [0, 0.1) is 5.92 Å². The van der Waals surface area contributed by atoms with E-state index in [0.29, 0.717) is 19.6 Å². The second-order valence-electron chi connectivity index (χ2n) is 3.85. The normalized spacial score (nSPS) is 10.0. The molecule has 0 bridgehead atoms. The Morgan fingerprint density at radius 3 is 1.85 bits per heavy atom. The van der Waals surface area contributed by atoms with E-state index in [4.69, 9.17) is 9.47 Å². The van der Waals surface area contributed by atoms with Crippen LogP contribution in [0.3, 0.4) is 0 Å². The topological polar surface area (TPSA) is 90.9 Å². The maximum Gasteiger partial charge on any atom is 0.407 e.